The maximum atomic E-state index is 13.1. The number of nitrogens with zero attached hydrogens (tertiary/aromatic N) is 5. The summed E-state index contributed by atoms with van der Waals surface area (Å²) in [6.45, 7) is 3.93. The van der Waals surface area contributed by atoms with Crippen LogP contribution in [0.25, 0.3) is 21.8 Å². The number of aromatic hydroxyl groups is 1. The van der Waals surface area contributed by atoms with Crippen LogP contribution in [-0.4, -0.2) is 62.8 Å². The first kappa shape index (κ1) is 28.7. The van der Waals surface area contributed by atoms with E-state index in [9.17, 15) is 30.4 Å². The summed E-state index contributed by atoms with van der Waals surface area (Å²) in [6, 6.07) is 7.83. The predicted molar refractivity (Wildman–Crippen MR) is 147 cm³/mol. The molecule has 4 N–H and O–H groups in total. The third-order valence-corrected chi connectivity index (χ3v) is 9.75. The van der Waals surface area contributed by atoms with E-state index in [2.05, 4.69) is 23.7 Å². The van der Waals surface area contributed by atoms with E-state index in [0.29, 0.717) is 0 Å². The third-order valence-electron chi connectivity index (χ3n) is 5.62. The summed E-state index contributed by atoms with van der Waals surface area (Å²) in [4.78, 5) is -0.707. The molecule has 0 aliphatic heterocycles. The predicted octanol–water partition coefficient (Wildman–Crippen LogP) is 3.01. The van der Waals surface area contributed by atoms with Gasteiger partial charge in [-0.15, -0.1) is 10.2 Å². The van der Waals surface area contributed by atoms with Gasteiger partial charge in [0.25, 0.3) is 0 Å². The quantitative estimate of drug-likeness (QED) is 0.236. The van der Waals surface area contributed by atoms with Gasteiger partial charge < -0.3 is 5.11 Å². The molecule has 4 rings (SSSR count). The maximum Gasteiger partial charge on any atom is 0.245 e. The zero-order valence-electron chi connectivity index (χ0n) is 20.7. The average Bonchev–Trinajstić information content (AvgIpc) is 3.32. The van der Waals surface area contributed by atoms with Gasteiger partial charge in [0, 0.05) is 23.9 Å². The Morgan fingerprint density at radius 3 is 2.21 bits per heavy atom. The van der Waals surface area contributed by atoms with Crippen LogP contribution in [0.3, 0.4) is 0 Å². The SMILES string of the molecule is CCN(CC)S(=O)(=O)c1ccc(N=Nc2cc(S(N)(=O)=O)c(O)c3cccc(NS(C)(=O)=O)c23)c2nsnc12. The number of aromatic nitrogens is 2. The number of rotatable bonds is 9. The van der Waals surface area contributed by atoms with Crippen molar-refractivity contribution >= 4 is 80.7 Å². The average molecular weight is 614 g/mol. The van der Waals surface area contributed by atoms with Crippen molar-refractivity contribution in [2.24, 2.45) is 15.4 Å². The number of hydrogen-bond acceptors (Lipinski definition) is 12. The smallest absolute Gasteiger partial charge is 0.245 e. The molecule has 0 unspecified atom stereocenters. The van der Waals surface area contributed by atoms with Gasteiger partial charge in [-0.2, -0.15) is 13.1 Å². The minimum atomic E-state index is -4.42. The Morgan fingerprint density at radius 1 is 0.949 bits per heavy atom. The molecule has 0 amide bonds. The lowest BCUT2D eigenvalue weighted by Crippen LogP contribution is -2.30. The molecule has 208 valence electrons. The lowest BCUT2D eigenvalue weighted by molar-refractivity contribution is 0.446. The minimum Gasteiger partial charge on any atom is -0.506 e. The molecule has 0 aliphatic carbocycles. The molecular formula is C21H23N7O7S4. The van der Waals surface area contributed by atoms with Crippen LogP contribution in [0, 0.1) is 0 Å². The Labute approximate surface area is 228 Å². The highest BCUT2D eigenvalue weighted by Crippen LogP contribution is 2.43. The first-order valence-electron chi connectivity index (χ1n) is 11.2. The van der Waals surface area contributed by atoms with Gasteiger partial charge in [-0.1, -0.05) is 26.0 Å². The van der Waals surface area contributed by atoms with Crippen LogP contribution < -0.4 is 9.86 Å². The number of anilines is 1. The molecule has 14 nitrogen and oxygen atoms in total. The van der Waals surface area contributed by atoms with Crippen molar-refractivity contribution in [1.82, 2.24) is 13.1 Å². The van der Waals surface area contributed by atoms with E-state index in [0.717, 1.165) is 24.1 Å². The second kappa shape index (κ2) is 10.4. The molecule has 3 aromatic carbocycles. The van der Waals surface area contributed by atoms with Crippen LogP contribution in [0.2, 0.25) is 0 Å². The molecule has 4 aromatic rings. The van der Waals surface area contributed by atoms with Crippen molar-refractivity contribution in [3.05, 3.63) is 36.4 Å². The molecule has 0 radical (unpaired) electrons. The first-order valence-corrected chi connectivity index (χ1v) is 16.8. The summed E-state index contributed by atoms with van der Waals surface area (Å²) in [5.74, 6) is -0.694. The summed E-state index contributed by atoms with van der Waals surface area (Å²) in [5.41, 5.74) is 0.199. The number of phenols is 1. The lowest BCUT2D eigenvalue weighted by atomic mass is 10.1. The summed E-state index contributed by atoms with van der Waals surface area (Å²) in [6.07, 6.45) is 0.922. The number of primary sulfonamides is 1. The molecule has 0 fully saturated rings. The highest BCUT2D eigenvalue weighted by atomic mass is 32.2. The van der Waals surface area contributed by atoms with E-state index in [-0.39, 0.29) is 56.9 Å². The van der Waals surface area contributed by atoms with Gasteiger partial charge in [-0.25, -0.2) is 30.4 Å². The van der Waals surface area contributed by atoms with Crippen molar-refractivity contribution in [3.63, 3.8) is 0 Å². The number of azo groups is 1. The fourth-order valence-corrected chi connectivity index (χ4v) is 7.37. The van der Waals surface area contributed by atoms with E-state index >= 15 is 0 Å². The fraction of sp³-hybridized carbons (Fsp3) is 0.238. The van der Waals surface area contributed by atoms with Crippen molar-refractivity contribution in [1.29, 1.82) is 0 Å². The Kier molecular flexibility index (Phi) is 7.63. The number of benzene rings is 3. The highest BCUT2D eigenvalue weighted by Gasteiger charge is 2.27. The Morgan fingerprint density at radius 2 is 1.59 bits per heavy atom. The van der Waals surface area contributed by atoms with Gasteiger partial charge in [0.05, 0.1) is 29.4 Å². The Balaban J connectivity index is 1.95. The van der Waals surface area contributed by atoms with Crippen LogP contribution in [-0.2, 0) is 30.1 Å². The van der Waals surface area contributed by atoms with Crippen LogP contribution in [0.15, 0.2) is 56.4 Å². The van der Waals surface area contributed by atoms with E-state index < -0.39 is 40.7 Å². The van der Waals surface area contributed by atoms with Gasteiger partial charge in [0.2, 0.25) is 30.1 Å². The van der Waals surface area contributed by atoms with Gasteiger partial charge in [0.15, 0.2) is 0 Å². The molecule has 1 aromatic heterocycles. The van der Waals surface area contributed by atoms with E-state index in [1.807, 2.05) is 0 Å². The topological polar surface area (TPSA) is 214 Å². The number of hydrogen-bond donors (Lipinski definition) is 3. The molecule has 39 heavy (non-hydrogen) atoms. The van der Waals surface area contributed by atoms with Crippen LogP contribution in [0.4, 0.5) is 17.1 Å². The third kappa shape index (κ3) is 5.56. The zero-order chi connectivity index (χ0) is 28.8. The van der Waals surface area contributed by atoms with Crippen LogP contribution in [0.1, 0.15) is 13.8 Å². The van der Waals surface area contributed by atoms with Crippen LogP contribution in [0.5, 0.6) is 5.75 Å². The molecule has 0 aliphatic rings. The summed E-state index contributed by atoms with van der Waals surface area (Å²) >= 11 is 0.775. The fourth-order valence-electron chi connectivity index (χ4n) is 3.93. The summed E-state index contributed by atoms with van der Waals surface area (Å²) in [5, 5.41) is 24.2. The molecule has 0 atom stereocenters. The van der Waals surface area contributed by atoms with Gasteiger partial charge in [0.1, 0.15) is 32.3 Å². The number of nitrogens with one attached hydrogen (secondary N) is 1. The largest absolute Gasteiger partial charge is 0.506 e. The highest BCUT2D eigenvalue weighted by molar-refractivity contribution is 7.92. The lowest BCUT2D eigenvalue weighted by Gasteiger charge is -2.18. The zero-order valence-corrected chi connectivity index (χ0v) is 24.0. The van der Waals surface area contributed by atoms with Crippen molar-refractivity contribution in [2.45, 2.75) is 23.6 Å². The Bertz CT molecular complexity index is 1950. The van der Waals surface area contributed by atoms with Crippen molar-refractivity contribution in [3.8, 4) is 5.75 Å². The molecular weight excluding hydrogens is 591 g/mol. The second-order valence-corrected chi connectivity index (χ2v) is 13.9. The molecule has 18 heteroatoms. The van der Waals surface area contributed by atoms with Crippen molar-refractivity contribution < 1.29 is 30.4 Å². The minimum absolute atomic E-state index is 0.00125. The van der Waals surface area contributed by atoms with Gasteiger partial charge in [-0.05, 0) is 24.3 Å². The van der Waals surface area contributed by atoms with Gasteiger partial charge in [-0.3, -0.25) is 4.72 Å². The standard InChI is InChI=1S/C21H23N7O7S4/c1-4-28(5-2)39(34,35)16-10-9-14(19-20(16)26-36-25-19)23-24-15-11-17(38(22,32)33)21(29)12-7-6-8-13(18(12)15)27-37(3,30)31/h6-11,27,29H,4-5H2,1-3H3,(H2,22,32,33). The first-order chi connectivity index (χ1) is 18.2. The molecule has 0 saturated carbocycles. The summed E-state index contributed by atoms with van der Waals surface area (Å²) in [7, 11) is -12.1. The van der Waals surface area contributed by atoms with Crippen LogP contribution >= 0.6 is 11.7 Å². The van der Waals surface area contributed by atoms with E-state index in [1.54, 1.807) is 13.8 Å². The molecule has 0 bridgehead atoms. The maximum absolute atomic E-state index is 13.1. The van der Waals surface area contributed by atoms with E-state index in [1.165, 1.54) is 34.6 Å². The number of sulfonamides is 3. The molecule has 1 heterocycles. The molecule has 0 spiro atoms. The monoisotopic (exact) mass is 613 g/mol. The Hall–Kier alpha value is -3.29. The van der Waals surface area contributed by atoms with Crippen molar-refractivity contribution in [2.75, 3.05) is 24.1 Å². The number of nitrogens with two attached hydrogens (primary N) is 1. The number of phenolic OH excluding ortho intramolecular Hbond substituents is 1. The second-order valence-electron chi connectivity index (χ2n) is 8.22. The number of fused-ring (bicyclic) bond motifs is 2. The normalized spacial score (nSPS) is 13.2. The van der Waals surface area contributed by atoms with Gasteiger partial charge >= 0.3 is 0 Å². The summed E-state index contributed by atoms with van der Waals surface area (Å²) < 4.78 is 86.4. The van der Waals surface area contributed by atoms with E-state index in [4.69, 9.17) is 5.14 Å². The molecule has 0 saturated heterocycles.